The molecule has 1 aromatic heterocycles. The zero-order valence-corrected chi connectivity index (χ0v) is 10.6. The van der Waals surface area contributed by atoms with Crippen LogP contribution in [-0.2, 0) is 6.54 Å². The number of carbonyl (C=O) groups is 1. The van der Waals surface area contributed by atoms with Crippen LogP contribution < -0.4 is 11.1 Å². The third-order valence-electron chi connectivity index (χ3n) is 2.35. The zero-order chi connectivity index (χ0) is 13.1. The molecular weight excluding hydrogens is 250 g/mol. The second kappa shape index (κ2) is 5.05. The number of hydrogen-bond donors (Lipinski definition) is 3. The lowest BCUT2D eigenvalue weighted by molar-refractivity contribution is 0.0951. The number of nitrogens with zero attached hydrogens (tertiary/aromatic N) is 1. The number of aryl methyl sites for hydroxylation is 1. The Morgan fingerprint density at radius 3 is 3.00 bits per heavy atom. The molecule has 0 bridgehead atoms. The third-order valence-corrected chi connectivity index (χ3v) is 3.31. The molecule has 2 rings (SSSR count). The van der Waals surface area contributed by atoms with Crippen LogP contribution in [0.1, 0.15) is 21.1 Å². The van der Waals surface area contributed by atoms with Gasteiger partial charge in [0.15, 0.2) is 0 Å². The van der Waals surface area contributed by atoms with Gasteiger partial charge in [-0.2, -0.15) is 0 Å². The van der Waals surface area contributed by atoms with E-state index >= 15 is 0 Å². The Kier molecular flexibility index (Phi) is 3.47. The number of phenols is 1. The highest BCUT2D eigenvalue weighted by molar-refractivity contribution is 7.09. The minimum atomic E-state index is -0.323. The summed E-state index contributed by atoms with van der Waals surface area (Å²) in [6.45, 7) is 2.25. The summed E-state index contributed by atoms with van der Waals surface area (Å²) in [6, 6.07) is 4.28. The van der Waals surface area contributed by atoms with Crippen molar-refractivity contribution >= 4 is 22.9 Å². The molecule has 18 heavy (non-hydrogen) atoms. The summed E-state index contributed by atoms with van der Waals surface area (Å²) >= 11 is 1.49. The van der Waals surface area contributed by atoms with Crippen LogP contribution in [0, 0.1) is 6.92 Å². The number of aromatic hydroxyl groups is 1. The summed E-state index contributed by atoms with van der Waals surface area (Å²) in [7, 11) is 0. The first-order valence-corrected chi connectivity index (χ1v) is 6.22. The summed E-state index contributed by atoms with van der Waals surface area (Å²) in [5.74, 6) is -0.310. The van der Waals surface area contributed by atoms with E-state index in [0.29, 0.717) is 12.2 Å². The van der Waals surface area contributed by atoms with Crippen molar-refractivity contribution in [1.82, 2.24) is 10.3 Å². The monoisotopic (exact) mass is 263 g/mol. The van der Waals surface area contributed by atoms with Crippen LogP contribution in [0.2, 0.25) is 0 Å². The summed E-state index contributed by atoms with van der Waals surface area (Å²) in [5, 5.41) is 14.8. The van der Waals surface area contributed by atoms with Crippen molar-refractivity contribution < 1.29 is 9.90 Å². The van der Waals surface area contributed by atoms with Crippen molar-refractivity contribution in [2.24, 2.45) is 0 Å². The quantitative estimate of drug-likeness (QED) is 0.580. The number of thiazole rings is 1. The molecule has 1 amide bonds. The van der Waals surface area contributed by atoms with Crippen molar-refractivity contribution in [3.8, 4) is 5.75 Å². The van der Waals surface area contributed by atoms with Gasteiger partial charge in [0.2, 0.25) is 0 Å². The van der Waals surface area contributed by atoms with Crippen molar-refractivity contribution in [3.63, 3.8) is 0 Å². The minimum Gasteiger partial charge on any atom is -0.508 e. The predicted octanol–water partition coefficient (Wildman–Crippen LogP) is 1.67. The van der Waals surface area contributed by atoms with Crippen LogP contribution >= 0.6 is 11.3 Å². The van der Waals surface area contributed by atoms with Gasteiger partial charge in [-0.05, 0) is 25.1 Å². The van der Waals surface area contributed by atoms with Gasteiger partial charge in [-0.3, -0.25) is 4.79 Å². The van der Waals surface area contributed by atoms with Crippen molar-refractivity contribution in [2.75, 3.05) is 5.73 Å². The smallest absolute Gasteiger partial charge is 0.253 e. The summed E-state index contributed by atoms with van der Waals surface area (Å²) in [5.41, 5.74) is 7.21. The van der Waals surface area contributed by atoms with E-state index in [0.717, 1.165) is 10.7 Å². The molecule has 0 radical (unpaired) electrons. The molecule has 1 aromatic carbocycles. The van der Waals surface area contributed by atoms with Gasteiger partial charge >= 0.3 is 0 Å². The topological polar surface area (TPSA) is 88.2 Å². The molecule has 0 aliphatic rings. The van der Waals surface area contributed by atoms with E-state index in [2.05, 4.69) is 10.3 Å². The molecule has 5 nitrogen and oxygen atoms in total. The number of amides is 1. The fraction of sp³-hybridized carbons (Fsp3) is 0.167. The molecule has 94 valence electrons. The first kappa shape index (κ1) is 12.4. The number of aromatic nitrogens is 1. The van der Waals surface area contributed by atoms with Gasteiger partial charge in [0.25, 0.3) is 5.91 Å². The average molecular weight is 263 g/mol. The Morgan fingerprint density at radius 2 is 2.33 bits per heavy atom. The molecule has 0 saturated heterocycles. The van der Waals surface area contributed by atoms with E-state index in [-0.39, 0.29) is 17.2 Å². The van der Waals surface area contributed by atoms with Crippen LogP contribution in [0.25, 0.3) is 0 Å². The van der Waals surface area contributed by atoms with E-state index in [9.17, 15) is 9.90 Å². The zero-order valence-electron chi connectivity index (χ0n) is 9.80. The maximum absolute atomic E-state index is 11.9. The lowest BCUT2D eigenvalue weighted by Gasteiger charge is -2.06. The lowest BCUT2D eigenvalue weighted by atomic mass is 10.1. The van der Waals surface area contributed by atoms with Crippen molar-refractivity contribution in [1.29, 1.82) is 0 Å². The molecule has 1 heterocycles. The third kappa shape index (κ3) is 2.78. The summed E-state index contributed by atoms with van der Waals surface area (Å²) in [6.07, 6.45) is 0. The normalized spacial score (nSPS) is 10.3. The second-order valence-electron chi connectivity index (χ2n) is 3.84. The van der Waals surface area contributed by atoms with E-state index in [1.165, 1.54) is 29.5 Å². The highest BCUT2D eigenvalue weighted by Crippen LogP contribution is 2.18. The Morgan fingerprint density at radius 1 is 1.56 bits per heavy atom. The highest BCUT2D eigenvalue weighted by atomic mass is 32.1. The van der Waals surface area contributed by atoms with Crippen molar-refractivity contribution in [3.05, 3.63) is 39.8 Å². The molecule has 0 fully saturated rings. The molecule has 4 N–H and O–H groups in total. The van der Waals surface area contributed by atoms with Crippen molar-refractivity contribution in [2.45, 2.75) is 13.5 Å². The number of benzene rings is 1. The Labute approximate surface area is 108 Å². The van der Waals surface area contributed by atoms with E-state index in [1.54, 1.807) is 0 Å². The predicted molar refractivity (Wildman–Crippen MR) is 70.5 cm³/mol. The molecule has 0 spiro atoms. The molecule has 6 heteroatoms. The number of nitrogens with two attached hydrogens (primary N) is 1. The standard InChI is InChI=1S/C12H13N3O2S/c1-7-6-18-11(15-7)5-14-12(17)9-4-8(16)2-3-10(9)13/h2-4,6,16H,5,13H2,1H3,(H,14,17). The Bertz CT molecular complexity index is 580. The number of nitrogens with one attached hydrogen (secondary N) is 1. The van der Waals surface area contributed by atoms with E-state index in [1.807, 2.05) is 12.3 Å². The fourth-order valence-corrected chi connectivity index (χ4v) is 2.19. The number of anilines is 1. The first-order chi connectivity index (χ1) is 8.56. The number of rotatable bonds is 3. The molecular formula is C12H13N3O2S. The lowest BCUT2D eigenvalue weighted by Crippen LogP contribution is -2.23. The van der Waals surface area contributed by atoms with Crippen LogP contribution in [0.4, 0.5) is 5.69 Å². The van der Waals surface area contributed by atoms with Crippen LogP contribution in [0.3, 0.4) is 0 Å². The number of carbonyl (C=O) groups excluding carboxylic acids is 1. The Hall–Kier alpha value is -2.08. The van der Waals surface area contributed by atoms with Gasteiger partial charge in [0.1, 0.15) is 10.8 Å². The minimum absolute atomic E-state index is 0.0134. The van der Waals surface area contributed by atoms with Crippen LogP contribution in [-0.4, -0.2) is 16.0 Å². The fourth-order valence-electron chi connectivity index (χ4n) is 1.48. The van der Waals surface area contributed by atoms with Gasteiger partial charge in [-0.15, -0.1) is 11.3 Å². The molecule has 0 saturated carbocycles. The second-order valence-corrected chi connectivity index (χ2v) is 4.78. The average Bonchev–Trinajstić information content (AvgIpc) is 2.75. The molecule has 2 aromatic rings. The van der Waals surface area contributed by atoms with E-state index in [4.69, 9.17) is 5.73 Å². The number of nitrogen functional groups attached to an aromatic ring is 1. The van der Waals surface area contributed by atoms with Crippen LogP contribution in [0.5, 0.6) is 5.75 Å². The van der Waals surface area contributed by atoms with Gasteiger partial charge in [-0.25, -0.2) is 4.98 Å². The van der Waals surface area contributed by atoms with Gasteiger partial charge < -0.3 is 16.2 Å². The van der Waals surface area contributed by atoms with E-state index < -0.39 is 0 Å². The molecule has 0 unspecified atom stereocenters. The largest absolute Gasteiger partial charge is 0.508 e. The molecule has 0 aliphatic heterocycles. The maximum atomic E-state index is 11.9. The van der Waals surface area contributed by atoms with Gasteiger partial charge in [0, 0.05) is 16.8 Å². The number of phenolic OH excluding ortho intramolecular Hbond substituents is 1. The SMILES string of the molecule is Cc1csc(CNC(=O)c2cc(O)ccc2N)n1. The van der Waals surface area contributed by atoms with Gasteiger partial charge in [0.05, 0.1) is 12.1 Å². The van der Waals surface area contributed by atoms with Gasteiger partial charge in [-0.1, -0.05) is 0 Å². The molecule has 0 atom stereocenters. The molecule has 0 aliphatic carbocycles. The summed E-state index contributed by atoms with van der Waals surface area (Å²) in [4.78, 5) is 16.1. The number of hydrogen-bond acceptors (Lipinski definition) is 5. The first-order valence-electron chi connectivity index (χ1n) is 5.34. The maximum Gasteiger partial charge on any atom is 0.253 e. The highest BCUT2D eigenvalue weighted by Gasteiger charge is 2.11. The van der Waals surface area contributed by atoms with Crippen LogP contribution in [0.15, 0.2) is 23.6 Å². The summed E-state index contributed by atoms with van der Waals surface area (Å²) < 4.78 is 0. The Balaban J connectivity index is 2.05.